The second-order valence-corrected chi connectivity index (χ2v) is 8.30. The number of halogens is 3. The van der Waals surface area contributed by atoms with Gasteiger partial charge >= 0.3 is 6.18 Å². The maximum Gasteiger partial charge on any atom is 0.418 e. The van der Waals surface area contributed by atoms with Crippen LogP contribution in [0.4, 0.5) is 18.9 Å². The first kappa shape index (κ1) is 20.9. The largest absolute Gasteiger partial charge is 0.418 e. The van der Waals surface area contributed by atoms with Gasteiger partial charge in [-0.3, -0.25) is 0 Å². The van der Waals surface area contributed by atoms with Gasteiger partial charge in [0.25, 0.3) is 0 Å². The van der Waals surface area contributed by atoms with Gasteiger partial charge in [0.1, 0.15) is 0 Å². The van der Waals surface area contributed by atoms with Crippen LogP contribution in [0.25, 0.3) is 22.3 Å². The highest BCUT2D eigenvalue weighted by Crippen LogP contribution is 2.40. The Balaban J connectivity index is 2.14. The van der Waals surface area contributed by atoms with Crippen LogP contribution in [0.1, 0.15) is 5.56 Å². The van der Waals surface area contributed by atoms with Crippen molar-refractivity contribution in [3.63, 3.8) is 0 Å². The molecule has 0 heterocycles. The summed E-state index contributed by atoms with van der Waals surface area (Å²) in [5.74, 6) is 0. The van der Waals surface area contributed by atoms with E-state index in [0.29, 0.717) is 5.56 Å². The van der Waals surface area contributed by atoms with Gasteiger partial charge in [-0.05, 0) is 46.5 Å². The van der Waals surface area contributed by atoms with Gasteiger partial charge in [-0.1, -0.05) is 42.5 Å². The van der Waals surface area contributed by atoms with Crippen LogP contribution in [-0.4, -0.2) is 22.5 Å². The molecule has 0 saturated carbocycles. The van der Waals surface area contributed by atoms with Gasteiger partial charge in [-0.15, -0.1) is 0 Å². The lowest BCUT2D eigenvalue weighted by Gasteiger charge is -2.21. The number of sulfonamides is 1. The molecule has 4 nitrogen and oxygen atoms in total. The normalized spacial score (nSPS) is 12.1. The molecule has 0 aliphatic rings. The molecule has 8 heteroatoms. The highest BCUT2D eigenvalue weighted by atomic mass is 32.2. The van der Waals surface area contributed by atoms with Crippen molar-refractivity contribution in [1.82, 2.24) is 0 Å². The van der Waals surface area contributed by atoms with Crippen LogP contribution in [0.15, 0.2) is 71.6 Å². The van der Waals surface area contributed by atoms with E-state index in [9.17, 15) is 21.6 Å². The molecule has 29 heavy (non-hydrogen) atoms. The quantitative estimate of drug-likeness (QED) is 0.662. The van der Waals surface area contributed by atoms with Gasteiger partial charge in [0.2, 0.25) is 10.0 Å². The molecule has 0 radical (unpaired) electrons. The van der Waals surface area contributed by atoms with Gasteiger partial charge in [0.15, 0.2) is 0 Å². The third-order valence-corrected chi connectivity index (χ3v) is 5.45. The average Bonchev–Trinajstić information content (AvgIpc) is 2.66. The monoisotopic (exact) mass is 420 g/mol. The average molecular weight is 420 g/mol. The Morgan fingerprint density at radius 2 is 1.34 bits per heavy atom. The molecule has 0 amide bonds. The fourth-order valence-electron chi connectivity index (χ4n) is 3.12. The molecule has 0 atom stereocenters. The van der Waals surface area contributed by atoms with E-state index in [4.69, 9.17) is 5.14 Å². The minimum atomic E-state index is -4.46. The number of rotatable bonds is 4. The van der Waals surface area contributed by atoms with Crippen LogP contribution in [0.5, 0.6) is 0 Å². The zero-order valence-electron chi connectivity index (χ0n) is 15.7. The minimum Gasteiger partial charge on any atom is -0.377 e. The zero-order valence-corrected chi connectivity index (χ0v) is 16.6. The standard InChI is InChI=1S/C21H19F3N2O2S/c1-26(2)20-13-15(9-12-19(20)21(22,23)24)18-6-4-3-5-17(18)14-7-10-16(11-8-14)29(25,27)28/h3-13H,1-2H3,(H2,25,27,28). The summed E-state index contributed by atoms with van der Waals surface area (Å²) in [6.45, 7) is 0. The van der Waals surface area contributed by atoms with Crippen LogP contribution in [0.2, 0.25) is 0 Å². The van der Waals surface area contributed by atoms with E-state index in [1.165, 1.54) is 29.2 Å². The van der Waals surface area contributed by atoms with Crippen molar-refractivity contribution in [3.05, 3.63) is 72.3 Å². The van der Waals surface area contributed by atoms with Crippen molar-refractivity contribution in [2.24, 2.45) is 5.14 Å². The first-order valence-corrected chi connectivity index (χ1v) is 10.1. The third kappa shape index (κ3) is 4.44. The molecule has 152 valence electrons. The van der Waals surface area contributed by atoms with Gasteiger partial charge in [-0.2, -0.15) is 13.2 Å². The molecule has 3 rings (SSSR count). The summed E-state index contributed by atoms with van der Waals surface area (Å²) in [5, 5.41) is 5.14. The van der Waals surface area contributed by atoms with Crippen molar-refractivity contribution < 1.29 is 21.6 Å². The van der Waals surface area contributed by atoms with Crippen LogP contribution in [0.3, 0.4) is 0 Å². The molecule has 3 aromatic rings. The summed E-state index contributed by atoms with van der Waals surface area (Å²) >= 11 is 0. The summed E-state index contributed by atoms with van der Waals surface area (Å²) in [6.07, 6.45) is -4.46. The van der Waals surface area contributed by atoms with Crippen LogP contribution >= 0.6 is 0 Å². The van der Waals surface area contributed by atoms with E-state index in [2.05, 4.69) is 0 Å². The lowest BCUT2D eigenvalue weighted by Crippen LogP contribution is -2.16. The van der Waals surface area contributed by atoms with Gasteiger partial charge < -0.3 is 4.90 Å². The maximum atomic E-state index is 13.3. The molecular weight excluding hydrogens is 401 g/mol. The second kappa shape index (κ2) is 7.53. The van der Waals surface area contributed by atoms with Crippen molar-refractivity contribution in [3.8, 4) is 22.3 Å². The lowest BCUT2D eigenvalue weighted by molar-refractivity contribution is -0.137. The SMILES string of the molecule is CN(C)c1cc(-c2ccccc2-c2ccc(S(N)(=O)=O)cc2)ccc1C(F)(F)F. The number of alkyl halides is 3. The summed E-state index contributed by atoms with van der Waals surface area (Å²) in [6, 6.07) is 17.3. The van der Waals surface area contributed by atoms with Gasteiger partial charge in [0.05, 0.1) is 10.5 Å². The van der Waals surface area contributed by atoms with Gasteiger partial charge in [0, 0.05) is 19.8 Å². The fourth-order valence-corrected chi connectivity index (χ4v) is 3.64. The molecule has 0 fully saturated rings. The summed E-state index contributed by atoms with van der Waals surface area (Å²) < 4.78 is 62.9. The molecule has 3 aromatic carbocycles. The van der Waals surface area contributed by atoms with Crippen LogP contribution < -0.4 is 10.0 Å². The van der Waals surface area contributed by atoms with E-state index in [0.717, 1.165) is 22.8 Å². The highest BCUT2D eigenvalue weighted by Gasteiger charge is 2.34. The Labute approximate surface area is 167 Å². The Kier molecular flexibility index (Phi) is 5.42. The Morgan fingerprint density at radius 1 is 0.828 bits per heavy atom. The Hall–Kier alpha value is -2.84. The van der Waals surface area contributed by atoms with Crippen molar-refractivity contribution in [2.75, 3.05) is 19.0 Å². The van der Waals surface area contributed by atoms with E-state index in [1.54, 1.807) is 32.3 Å². The fraction of sp³-hybridized carbons (Fsp3) is 0.143. The van der Waals surface area contributed by atoms with E-state index in [1.807, 2.05) is 18.2 Å². The number of hydrogen-bond acceptors (Lipinski definition) is 3. The lowest BCUT2D eigenvalue weighted by atomic mass is 9.93. The molecule has 0 aromatic heterocycles. The number of anilines is 1. The molecule has 0 spiro atoms. The van der Waals surface area contributed by atoms with Gasteiger partial charge in [-0.25, -0.2) is 13.6 Å². The number of nitrogens with two attached hydrogens (primary N) is 1. The third-order valence-electron chi connectivity index (χ3n) is 4.52. The number of nitrogens with zero attached hydrogens (tertiary/aromatic N) is 1. The minimum absolute atomic E-state index is 0.0110. The summed E-state index contributed by atoms with van der Waals surface area (Å²) in [7, 11) is -0.687. The van der Waals surface area contributed by atoms with E-state index < -0.39 is 21.8 Å². The van der Waals surface area contributed by atoms with Crippen molar-refractivity contribution in [1.29, 1.82) is 0 Å². The van der Waals surface area contributed by atoms with Crippen molar-refractivity contribution in [2.45, 2.75) is 11.1 Å². The van der Waals surface area contributed by atoms with Crippen LogP contribution in [-0.2, 0) is 16.2 Å². The number of primary sulfonamides is 1. The summed E-state index contributed by atoms with van der Waals surface area (Å²) in [4.78, 5) is 1.42. The number of benzene rings is 3. The first-order chi connectivity index (χ1) is 13.5. The summed E-state index contributed by atoms with van der Waals surface area (Å²) in [5.41, 5.74) is 2.19. The second-order valence-electron chi connectivity index (χ2n) is 6.74. The maximum absolute atomic E-state index is 13.3. The number of hydrogen-bond donors (Lipinski definition) is 1. The molecule has 0 aliphatic carbocycles. The van der Waals surface area contributed by atoms with E-state index >= 15 is 0 Å². The zero-order chi connectivity index (χ0) is 21.4. The highest BCUT2D eigenvalue weighted by molar-refractivity contribution is 7.89. The molecule has 2 N–H and O–H groups in total. The molecular formula is C21H19F3N2O2S. The van der Waals surface area contributed by atoms with Crippen molar-refractivity contribution >= 4 is 15.7 Å². The van der Waals surface area contributed by atoms with Crippen LogP contribution in [0, 0.1) is 0 Å². The Bertz CT molecular complexity index is 1140. The Morgan fingerprint density at radius 3 is 1.83 bits per heavy atom. The molecule has 0 bridgehead atoms. The first-order valence-electron chi connectivity index (χ1n) is 8.59. The smallest absolute Gasteiger partial charge is 0.377 e. The molecule has 0 saturated heterocycles. The predicted molar refractivity (Wildman–Crippen MR) is 108 cm³/mol. The topological polar surface area (TPSA) is 63.4 Å². The molecule has 0 aliphatic heterocycles. The predicted octanol–water partition coefficient (Wildman–Crippen LogP) is 4.75. The van der Waals surface area contributed by atoms with E-state index in [-0.39, 0.29) is 10.6 Å². The molecule has 0 unspecified atom stereocenters.